The third-order valence-corrected chi connectivity index (χ3v) is 6.05. The van der Waals surface area contributed by atoms with Crippen molar-refractivity contribution in [3.63, 3.8) is 0 Å². The van der Waals surface area contributed by atoms with Gasteiger partial charge in [0.15, 0.2) is 0 Å². The van der Waals surface area contributed by atoms with Gasteiger partial charge in [0.25, 0.3) is 0 Å². The molecule has 8 nitrogen and oxygen atoms in total. The highest BCUT2D eigenvalue weighted by atomic mass is 32.2. The van der Waals surface area contributed by atoms with Gasteiger partial charge in [-0.1, -0.05) is 0 Å². The molecule has 2 aliphatic rings. The first kappa shape index (κ1) is 23.8. The molecule has 0 N–H and O–H groups in total. The summed E-state index contributed by atoms with van der Waals surface area (Å²) in [6.45, 7) is 5.93. The summed E-state index contributed by atoms with van der Waals surface area (Å²) < 4.78 is 10.8. The second-order valence-corrected chi connectivity index (χ2v) is 8.78. The van der Waals surface area contributed by atoms with Gasteiger partial charge in [0.2, 0.25) is 11.8 Å². The Labute approximate surface area is 176 Å². The Kier molecular flexibility index (Phi) is 10.1. The van der Waals surface area contributed by atoms with E-state index >= 15 is 0 Å². The van der Waals surface area contributed by atoms with Gasteiger partial charge in [-0.15, -0.1) is 0 Å². The number of rotatable bonds is 10. The number of carbonyl (C=O) groups excluding carboxylic acids is 4. The van der Waals surface area contributed by atoms with E-state index in [1.54, 1.807) is 21.6 Å². The normalized spacial score (nSPS) is 22.4. The molecule has 0 aliphatic carbocycles. The largest absolute Gasteiger partial charge is 0.377 e. The highest BCUT2D eigenvalue weighted by molar-refractivity contribution is 7.99. The summed E-state index contributed by atoms with van der Waals surface area (Å²) in [7, 11) is 0. The number of thioether (sulfide) groups is 1. The quantitative estimate of drug-likeness (QED) is 0.478. The lowest BCUT2D eigenvalue weighted by Crippen LogP contribution is -2.49. The van der Waals surface area contributed by atoms with Crippen molar-refractivity contribution in [1.29, 1.82) is 0 Å². The summed E-state index contributed by atoms with van der Waals surface area (Å²) in [5, 5.41) is 0. The highest BCUT2D eigenvalue weighted by Crippen LogP contribution is 2.16. The molecule has 2 rings (SSSR count). The molecule has 29 heavy (non-hydrogen) atoms. The Hall–Kier alpha value is -1.45. The number of amides is 2. The van der Waals surface area contributed by atoms with Crippen LogP contribution in [0.5, 0.6) is 0 Å². The van der Waals surface area contributed by atoms with Crippen molar-refractivity contribution in [1.82, 2.24) is 9.80 Å². The molecule has 0 bridgehead atoms. The summed E-state index contributed by atoms with van der Waals surface area (Å²) in [6.07, 6.45) is 1.43. The zero-order valence-electron chi connectivity index (χ0n) is 17.4. The van der Waals surface area contributed by atoms with Crippen molar-refractivity contribution in [3.05, 3.63) is 0 Å². The smallest absolute Gasteiger partial charge is 0.223 e. The van der Waals surface area contributed by atoms with E-state index in [0.717, 1.165) is 0 Å². The van der Waals surface area contributed by atoms with Crippen LogP contribution in [0.4, 0.5) is 0 Å². The molecule has 9 heteroatoms. The lowest BCUT2D eigenvalue weighted by molar-refractivity contribution is -0.141. The van der Waals surface area contributed by atoms with Crippen LogP contribution in [-0.2, 0) is 28.7 Å². The molecule has 0 spiro atoms. The molecule has 0 radical (unpaired) electrons. The SMILES string of the molecule is CC(=O)CC1COCCN1C(=O)CCSCCC(=O)N1CCOCC1CC(C)=O. The van der Waals surface area contributed by atoms with Crippen LogP contribution in [-0.4, -0.2) is 96.3 Å². The first-order valence-corrected chi connectivity index (χ1v) is 11.3. The maximum Gasteiger partial charge on any atom is 0.223 e. The van der Waals surface area contributed by atoms with Gasteiger partial charge < -0.3 is 19.3 Å². The number of nitrogens with zero attached hydrogens (tertiary/aromatic N) is 2. The van der Waals surface area contributed by atoms with Crippen molar-refractivity contribution in [2.75, 3.05) is 51.0 Å². The van der Waals surface area contributed by atoms with Crippen molar-refractivity contribution < 1.29 is 28.7 Å². The maximum absolute atomic E-state index is 12.5. The zero-order chi connectivity index (χ0) is 21.2. The van der Waals surface area contributed by atoms with E-state index in [0.29, 0.717) is 76.7 Å². The average Bonchev–Trinajstić information content (AvgIpc) is 2.67. The maximum atomic E-state index is 12.5. The summed E-state index contributed by atoms with van der Waals surface area (Å²) in [5.74, 6) is 1.45. The third kappa shape index (κ3) is 8.06. The lowest BCUT2D eigenvalue weighted by Gasteiger charge is -2.35. The lowest BCUT2D eigenvalue weighted by atomic mass is 10.1. The van der Waals surface area contributed by atoms with Crippen LogP contribution in [0, 0.1) is 0 Å². The van der Waals surface area contributed by atoms with Gasteiger partial charge in [0.05, 0.1) is 38.5 Å². The van der Waals surface area contributed by atoms with E-state index < -0.39 is 0 Å². The number of ether oxygens (including phenoxy) is 2. The monoisotopic (exact) mass is 428 g/mol. The second-order valence-electron chi connectivity index (χ2n) is 7.56. The predicted octanol–water partition coefficient (Wildman–Crippen LogP) is 0.913. The highest BCUT2D eigenvalue weighted by Gasteiger charge is 2.29. The van der Waals surface area contributed by atoms with Gasteiger partial charge in [-0.05, 0) is 13.8 Å². The second kappa shape index (κ2) is 12.3. The van der Waals surface area contributed by atoms with Crippen LogP contribution >= 0.6 is 11.8 Å². The van der Waals surface area contributed by atoms with E-state index in [-0.39, 0.29) is 35.5 Å². The molecule has 2 fully saturated rings. The molecule has 2 unspecified atom stereocenters. The summed E-state index contributed by atoms with van der Waals surface area (Å²) >= 11 is 1.58. The molecule has 2 aliphatic heterocycles. The van der Waals surface area contributed by atoms with E-state index in [2.05, 4.69) is 0 Å². The van der Waals surface area contributed by atoms with E-state index in [1.807, 2.05) is 0 Å². The van der Waals surface area contributed by atoms with Gasteiger partial charge in [-0.25, -0.2) is 0 Å². The number of hydrogen-bond acceptors (Lipinski definition) is 7. The fourth-order valence-electron chi connectivity index (χ4n) is 3.68. The predicted molar refractivity (Wildman–Crippen MR) is 110 cm³/mol. The molecule has 0 saturated carbocycles. The van der Waals surface area contributed by atoms with E-state index in [1.165, 1.54) is 13.8 Å². The first-order valence-electron chi connectivity index (χ1n) is 10.2. The third-order valence-electron chi connectivity index (χ3n) is 5.06. The summed E-state index contributed by atoms with van der Waals surface area (Å²) in [6, 6.07) is -0.334. The minimum absolute atomic E-state index is 0.0353. The Morgan fingerprint density at radius 2 is 1.21 bits per heavy atom. The Morgan fingerprint density at radius 3 is 1.59 bits per heavy atom. The molecule has 0 aromatic rings. The molecule has 0 aromatic heterocycles. The van der Waals surface area contributed by atoms with Crippen molar-refractivity contribution in [2.24, 2.45) is 0 Å². The first-order chi connectivity index (χ1) is 13.9. The zero-order valence-corrected chi connectivity index (χ0v) is 18.2. The number of hydrogen-bond donors (Lipinski definition) is 0. The van der Waals surface area contributed by atoms with Crippen LogP contribution < -0.4 is 0 Å². The number of Topliss-reactive ketones (excluding diaryl/α,β-unsaturated/α-hetero) is 2. The Balaban J connectivity index is 1.68. The van der Waals surface area contributed by atoms with Crippen LogP contribution in [0.3, 0.4) is 0 Å². The topological polar surface area (TPSA) is 93.2 Å². The minimum atomic E-state index is -0.167. The van der Waals surface area contributed by atoms with Crippen LogP contribution in [0.1, 0.15) is 39.5 Å². The van der Waals surface area contributed by atoms with Crippen LogP contribution in [0.2, 0.25) is 0 Å². The van der Waals surface area contributed by atoms with Crippen LogP contribution in [0.15, 0.2) is 0 Å². The minimum Gasteiger partial charge on any atom is -0.377 e. The van der Waals surface area contributed by atoms with Gasteiger partial charge in [-0.3, -0.25) is 19.2 Å². The molecule has 2 amide bonds. The molecule has 2 atom stereocenters. The molecule has 164 valence electrons. The molecule has 2 saturated heterocycles. The molecule has 0 aromatic carbocycles. The molecular weight excluding hydrogens is 396 g/mol. The fraction of sp³-hybridized carbons (Fsp3) is 0.800. The summed E-state index contributed by atoms with van der Waals surface area (Å²) in [5.41, 5.74) is 0. The standard InChI is InChI=1S/C20H32N2O6S/c1-15(23)11-17-13-27-7-5-21(17)19(25)3-9-29-10-4-20(26)22-6-8-28-14-18(22)12-16(2)24/h17-18H,3-14H2,1-2H3. The summed E-state index contributed by atoms with van der Waals surface area (Å²) in [4.78, 5) is 51.3. The van der Waals surface area contributed by atoms with Crippen molar-refractivity contribution >= 4 is 35.1 Å². The molecular formula is C20H32N2O6S. The van der Waals surface area contributed by atoms with Crippen molar-refractivity contribution in [2.45, 2.75) is 51.6 Å². The number of ketones is 2. The average molecular weight is 429 g/mol. The van der Waals surface area contributed by atoms with Gasteiger partial charge in [0.1, 0.15) is 11.6 Å². The Bertz CT molecular complexity index is 550. The van der Waals surface area contributed by atoms with Crippen molar-refractivity contribution in [3.8, 4) is 0 Å². The fourth-order valence-corrected chi connectivity index (χ4v) is 4.52. The van der Waals surface area contributed by atoms with Gasteiger partial charge in [0, 0.05) is 50.3 Å². The van der Waals surface area contributed by atoms with E-state index in [9.17, 15) is 19.2 Å². The van der Waals surface area contributed by atoms with Crippen LogP contribution in [0.25, 0.3) is 0 Å². The number of morpholine rings is 2. The number of carbonyl (C=O) groups is 4. The van der Waals surface area contributed by atoms with Gasteiger partial charge in [-0.2, -0.15) is 11.8 Å². The Morgan fingerprint density at radius 1 is 0.793 bits per heavy atom. The molecule has 2 heterocycles. The van der Waals surface area contributed by atoms with Gasteiger partial charge >= 0.3 is 0 Å². The van der Waals surface area contributed by atoms with E-state index in [4.69, 9.17) is 9.47 Å².